The van der Waals surface area contributed by atoms with Gasteiger partial charge in [-0.3, -0.25) is 4.79 Å². The maximum atomic E-state index is 12.5. The van der Waals surface area contributed by atoms with Crippen molar-refractivity contribution in [2.45, 2.75) is 18.7 Å². The number of aryl methyl sites for hydroxylation is 1. The van der Waals surface area contributed by atoms with Crippen LogP contribution < -0.4 is 14.8 Å². The molecule has 6 nitrogen and oxygen atoms in total. The van der Waals surface area contributed by atoms with E-state index in [1.807, 2.05) is 0 Å². The molecule has 0 saturated carbocycles. The van der Waals surface area contributed by atoms with Crippen molar-refractivity contribution in [3.05, 3.63) is 53.1 Å². The normalized spacial score (nSPS) is 11.2. The lowest BCUT2D eigenvalue weighted by Crippen LogP contribution is -2.29. The molecule has 8 heteroatoms. The Morgan fingerprint density at radius 1 is 1.16 bits per heavy atom. The molecule has 0 atom stereocenters. The molecular weight excluding hydrogens is 364 g/mol. The first-order valence-electron chi connectivity index (χ1n) is 7.54. The average molecular weight is 383 g/mol. The molecule has 0 aromatic heterocycles. The van der Waals surface area contributed by atoms with Gasteiger partial charge in [0.25, 0.3) is 0 Å². The fourth-order valence-electron chi connectivity index (χ4n) is 2.12. The maximum Gasteiger partial charge on any atom is 0.241 e. The van der Waals surface area contributed by atoms with Crippen LogP contribution >= 0.6 is 11.6 Å². The Morgan fingerprint density at radius 2 is 1.84 bits per heavy atom. The first kappa shape index (κ1) is 19.2. The molecule has 0 radical (unpaired) electrons. The van der Waals surface area contributed by atoms with E-state index in [4.69, 9.17) is 16.3 Å². The van der Waals surface area contributed by atoms with Gasteiger partial charge in [-0.05, 0) is 48.9 Å². The molecule has 134 valence electrons. The molecule has 0 unspecified atom stereocenters. The first-order valence-corrected chi connectivity index (χ1v) is 9.40. The van der Waals surface area contributed by atoms with E-state index in [1.165, 1.54) is 13.0 Å². The quantitative estimate of drug-likeness (QED) is 0.721. The van der Waals surface area contributed by atoms with E-state index >= 15 is 0 Å². The number of benzene rings is 2. The maximum absolute atomic E-state index is 12.5. The van der Waals surface area contributed by atoms with Gasteiger partial charge in [0.15, 0.2) is 0 Å². The summed E-state index contributed by atoms with van der Waals surface area (Å²) in [5, 5.41) is 3.17. The Hall–Kier alpha value is -2.09. The molecule has 2 rings (SSSR count). The summed E-state index contributed by atoms with van der Waals surface area (Å²) in [6.07, 6.45) is 0. The fraction of sp³-hybridized carbons (Fsp3) is 0.235. The molecule has 2 aromatic rings. The SMILES string of the molecule is CC(=O)Nc1ccc(C)c(S(=O)(=O)NCCOc2ccc(Cl)cc2)c1. The molecule has 2 aromatic carbocycles. The predicted molar refractivity (Wildman–Crippen MR) is 97.6 cm³/mol. The standard InChI is InChI=1S/C17H19ClN2O4S/c1-12-3-6-15(20-13(2)21)11-17(12)25(22,23)19-9-10-24-16-7-4-14(18)5-8-16/h3-8,11,19H,9-10H2,1-2H3,(H,20,21). The van der Waals surface area contributed by atoms with Crippen molar-refractivity contribution in [2.75, 3.05) is 18.5 Å². The van der Waals surface area contributed by atoms with Crippen molar-refractivity contribution in [1.29, 1.82) is 0 Å². The lowest BCUT2D eigenvalue weighted by Gasteiger charge is -2.12. The summed E-state index contributed by atoms with van der Waals surface area (Å²) >= 11 is 5.79. The number of nitrogens with one attached hydrogen (secondary N) is 2. The number of hydrogen-bond donors (Lipinski definition) is 2. The highest BCUT2D eigenvalue weighted by Gasteiger charge is 2.17. The summed E-state index contributed by atoms with van der Waals surface area (Å²) in [4.78, 5) is 11.2. The smallest absolute Gasteiger partial charge is 0.241 e. The Morgan fingerprint density at radius 3 is 2.48 bits per heavy atom. The van der Waals surface area contributed by atoms with E-state index in [0.717, 1.165) is 0 Å². The van der Waals surface area contributed by atoms with Gasteiger partial charge in [-0.1, -0.05) is 17.7 Å². The highest BCUT2D eigenvalue weighted by atomic mass is 35.5. The average Bonchev–Trinajstić information content (AvgIpc) is 2.54. The third-order valence-corrected chi connectivity index (χ3v) is 5.13. The van der Waals surface area contributed by atoms with Gasteiger partial charge in [-0.2, -0.15) is 0 Å². The van der Waals surface area contributed by atoms with Gasteiger partial charge in [0, 0.05) is 24.2 Å². The van der Waals surface area contributed by atoms with E-state index in [9.17, 15) is 13.2 Å². The van der Waals surface area contributed by atoms with E-state index in [-0.39, 0.29) is 24.0 Å². The molecule has 0 bridgehead atoms. The van der Waals surface area contributed by atoms with Crippen LogP contribution in [0.15, 0.2) is 47.4 Å². The van der Waals surface area contributed by atoms with Crippen molar-refractivity contribution < 1.29 is 17.9 Å². The van der Waals surface area contributed by atoms with Gasteiger partial charge in [0.1, 0.15) is 12.4 Å². The van der Waals surface area contributed by atoms with Crippen LogP contribution in [0.2, 0.25) is 5.02 Å². The zero-order chi connectivity index (χ0) is 18.4. The molecule has 0 fully saturated rings. The van der Waals surface area contributed by atoms with Crippen LogP contribution in [0.4, 0.5) is 5.69 Å². The number of ether oxygens (including phenoxy) is 1. The first-order chi connectivity index (χ1) is 11.8. The summed E-state index contributed by atoms with van der Waals surface area (Å²) < 4.78 is 32.8. The molecule has 0 aliphatic heterocycles. The van der Waals surface area contributed by atoms with Crippen LogP contribution in [0.1, 0.15) is 12.5 Å². The van der Waals surface area contributed by atoms with Gasteiger partial charge < -0.3 is 10.1 Å². The van der Waals surface area contributed by atoms with Crippen LogP contribution in [0.5, 0.6) is 5.75 Å². The summed E-state index contributed by atoms with van der Waals surface area (Å²) in [6, 6.07) is 11.5. The minimum atomic E-state index is -3.71. The predicted octanol–water partition coefficient (Wildman–Crippen LogP) is 2.96. The van der Waals surface area contributed by atoms with Crippen molar-refractivity contribution in [2.24, 2.45) is 0 Å². The fourth-order valence-corrected chi connectivity index (χ4v) is 3.53. The molecule has 25 heavy (non-hydrogen) atoms. The Labute approximate surface area is 152 Å². The van der Waals surface area contributed by atoms with Gasteiger partial charge in [0.05, 0.1) is 4.90 Å². The van der Waals surface area contributed by atoms with E-state index in [0.29, 0.717) is 22.0 Å². The lowest BCUT2D eigenvalue weighted by molar-refractivity contribution is -0.114. The summed E-state index contributed by atoms with van der Waals surface area (Å²) in [7, 11) is -3.71. The molecule has 0 aliphatic carbocycles. The number of anilines is 1. The number of carbonyl (C=O) groups is 1. The highest BCUT2D eigenvalue weighted by Crippen LogP contribution is 2.20. The number of amides is 1. The van der Waals surface area contributed by atoms with E-state index in [1.54, 1.807) is 43.3 Å². The second kappa shape index (κ2) is 8.33. The minimum absolute atomic E-state index is 0.106. The van der Waals surface area contributed by atoms with Crippen molar-refractivity contribution in [3.63, 3.8) is 0 Å². The monoisotopic (exact) mass is 382 g/mol. The number of sulfonamides is 1. The second-order valence-corrected chi connectivity index (χ2v) is 7.53. The van der Waals surface area contributed by atoms with Crippen LogP contribution in [0.25, 0.3) is 0 Å². The summed E-state index contributed by atoms with van der Waals surface area (Å²) in [6.45, 7) is 3.33. The van der Waals surface area contributed by atoms with Crippen LogP contribution in [-0.2, 0) is 14.8 Å². The Bertz CT molecular complexity index is 851. The third-order valence-electron chi connectivity index (χ3n) is 3.27. The summed E-state index contributed by atoms with van der Waals surface area (Å²) in [5.41, 5.74) is 1.01. The zero-order valence-electron chi connectivity index (χ0n) is 13.9. The van der Waals surface area contributed by atoms with E-state index in [2.05, 4.69) is 10.0 Å². The van der Waals surface area contributed by atoms with Gasteiger partial charge in [-0.15, -0.1) is 0 Å². The van der Waals surface area contributed by atoms with Gasteiger partial charge in [0.2, 0.25) is 15.9 Å². The number of hydrogen-bond acceptors (Lipinski definition) is 4. The van der Waals surface area contributed by atoms with Crippen molar-refractivity contribution in [1.82, 2.24) is 4.72 Å². The lowest BCUT2D eigenvalue weighted by atomic mass is 10.2. The van der Waals surface area contributed by atoms with Crippen molar-refractivity contribution >= 4 is 33.2 Å². The minimum Gasteiger partial charge on any atom is -0.492 e. The van der Waals surface area contributed by atoms with Gasteiger partial charge >= 0.3 is 0 Å². The molecule has 0 heterocycles. The molecule has 0 aliphatic rings. The largest absolute Gasteiger partial charge is 0.492 e. The highest BCUT2D eigenvalue weighted by molar-refractivity contribution is 7.89. The Kier molecular flexibility index (Phi) is 6.41. The van der Waals surface area contributed by atoms with Gasteiger partial charge in [-0.25, -0.2) is 13.1 Å². The topological polar surface area (TPSA) is 84.5 Å². The number of halogens is 1. The van der Waals surface area contributed by atoms with Crippen LogP contribution in [0, 0.1) is 6.92 Å². The molecule has 1 amide bonds. The molecule has 0 saturated heterocycles. The summed E-state index contributed by atoms with van der Waals surface area (Å²) in [5.74, 6) is 0.337. The second-order valence-electron chi connectivity index (χ2n) is 5.36. The van der Waals surface area contributed by atoms with Crippen LogP contribution in [0.3, 0.4) is 0 Å². The van der Waals surface area contributed by atoms with Crippen molar-refractivity contribution in [3.8, 4) is 5.75 Å². The van der Waals surface area contributed by atoms with Crippen LogP contribution in [-0.4, -0.2) is 27.5 Å². The molecule has 2 N–H and O–H groups in total. The Balaban J connectivity index is 1.98. The molecular formula is C17H19ClN2O4S. The molecule has 0 spiro atoms. The van der Waals surface area contributed by atoms with E-state index < -0.39 is 10.0 Å². The third kappa shape index (κ3) is 5.74. The number of carbonyl (C=O) groups excluding carboxylic acids is 1. The number of rotatable bonds is 7. The zero-order valence-corrected chi connectivity index (χ0v) is 15.4.